The van der Waals surface area contributed by atoms with Gasteiger partial charge in [0.15, 0.2) is 5.13 Å². The number of amides is 3. The van der Waals surface area contributed by atoms with Crippen molar-refractivity contribution in [2.24, 2.45) is 11.8 Å². The third kappa shape index (κ3) is 5.47. The van der Waals surface area contributed by atoms with Crippen LogP contribution in [-0.4, -0.2) is 39.9 Å². The molecule has 2 aliphatic rings. The molecule has 2 heterocycles. The zero-order valence-electron chi connectivity index (χ0n) is 20.3. The van der Waals surface area contributed by atoms with Crippen LogP contribution in [0.5, 0.6) is 0 Å². The van der Waals surface area contributed by atoms with Crippen LogP contribution in [-0.2, 0) is 27.3 Å². The highest BCUT2D eigenvalue weighted by Crippen LogP contribution is 2.41. The molecule has 188 valence electrons. The molecule has 1 aromatic heterocycles. The second-order valence-electron chi connectivity index (χ2n) is 10.2. The van der Waals surface area contributed by atoms with Crippen LogP contribution in [0.1, 0.15) is 37.8 Å². The fourth-order valence-electron chi connectivity index (χ4n) is 4.23. The van der Waals surface area contributed by atoms with Crippen LogP contribution in [0.15, 0.2) is 36.4 Å². The average molecular weight is 527 g/mol. The standard InChI is InChI=1S/C26H27ClN4O4S/c1-26(2,3)35-25(34)31-9-8-20-21(13-31)36-24(29-20)30-23(33)19-12-18(19)22(32)28-17-7-5-14-10-16(27)6-4-15(14)11-17/h4-7,10-11,18-19H,8-9,12-13H2,1-3H3,(H,28,32)(H,29,30,33)/t18-,19+/m0/s1. The molecule has 3 aromatic rings. The van der Waals surface area contributed by atoms with Crippen molar-refractivity contribution in [3.8, 4) is 0 Å². The van der Waals surface area contributed by atoms with E-state index in [1.165, 1.54) is 11.3 Å². The number of aromatic nitrogens is 1. The summed E-state index contributed by atoms with van der Waals surface area (Å²) in [7, 11) is 0. The number of nitrogens with one attached hydrogen (secondary N) is 2. The van der Waals surface area contributed by atoms with Gasteiger partial charge >= 0.3 is 6.09 Å². The smallest absolute Gasteiger partial charge is 0.410 e. The minimum atomic E-state index is -0.556. The number of anilines is 2. The van der Waals surface area contributed by atoms with Crippen molar-refractivity contribution in [3.05, 3.63) is 52.0 Å². The van der Waals surface area contributed by atoms with Crippen molar-refractivity contribution in [2.45, 2.75) is 45.8 Å². The lowest BCUT2D eigenvalue weighted by atomic mass is 10.1. The van der Waals surface area contributed by atoms with Gasteiger partial charge in [-0.05, 0) is 62.2 Å². The normalized spacial score (nSPS) is 18.9. The van der Waals surface area contributed by atoms with Gasteiger partial charge in [-0.2, -0.15) is 0 Å². The summed E-state index contributed by atoms with van der Waals surface area (Å²) in [6, 6.07) is 11.2. The molecule has 0 radical (unpaired) electrons. The number of rotatable bonds is 4. The van der Waals surface area contributed by atoms with Crippen molar-refractivity contribution < 1.29 is 19.1 Å². The molecule has 3 amide bonds. The third-order valence-corrected chi connectivity index (χ3v) is 7.38. The summed E-state index contributed by atoms with van der Waals surface area (Å²) in [5.41, 5.74) is 1.01. The summed E-state index contributed by atoms with van der Waals surface area (Å²) in [5, 5.41) is 8.90. The van der Waals surface area contributed by atoms with Crippen LogP contribution < -0.4 is 10.6 Å². The van der Waals surface area contributed by atoms with E-state index in [0.29, 0.717) is 41.8 Å². The molecule has 5 rings (SSSR count). The third-order valence-electron chi connectivity index (χ3n) is 6.15. The van der Waals surface area contributed by atoms with Crippen LogP contribution in [0.25, 0.3) is 10.8 Å². The highest BCUT2D eigenvalue weighted by Gasteiger charge is 2.48. The number of benzene rings is 2. The topological polar surface area (TPSA) is 101 Å². The molecule has 1 saturated carbocycles. The number of nitrogens with zero attached hydrogens (tertiary/aromatic N) is 2. The van der Waals surface area contributed by atoms with Crippen LogP contribution in [0, 0.1) is 11.8 Å². The summed E-state index contributed by atoms with van der Waals surface area (Å²) in [5.74, 6) is -1.14. The van der Waals surface area contributed by atoms with E-state index < -0.39 is 5.60 Å². The first-order valence-electron chi connectivity index (χ1n) is 11.8. The lowest BCUT2D eigenvalue weighted by Crippen LogP contribution is -2.39. The maximum absolute atomic E-state index is 12.8. The molecule has 0 bridgehead atoms. The van der Waals surface area contributed by atoms with E-state index in [1.54, 1.807) is 4.90 Å². The zero-order valence-corrected chi connectivity index (χ0v) is 21.8. The Bertz CT molecular complexity index is 1370. The Morgan fingerprint density at radius 2 is 1.75 bits per heavy atom. The highest BCUT2D eigenvalue weighted by atomic mass is 35.5. The SMILES string of the molecule is CC(C)(C)OC(=O)N1CCc2nc(NC(=O)[C@@H]3C[C@@H]3C(=O)Nc3ccc4cc(Cl)ccc4c3)sc2C1. The predicted octanol–water partition coefficient (Wildman–Crippen LogP) is 5.46. The fraction of sp³-hybridized carbons (Fsp3) is 0.385. The molecule has 10 heteroatoms. The maximum Gasteiger partial charge on any atom is 0.410 e. The van der Waals surface area contributed by atoms with Crippen LogP contribution in [0.4, 0.5) is 15.6 Å². The maximum atomic E-state index is 12.8. The number of halogens is 1. The Hall–Kier alpha value is -3.17. The van der Waals surface area contributed by atoms with Crippen LogP contribution in [0.3, 0.4) is 0 Å². The second kappa shape index (κ2) is 9.37. The molecule has 0 spiro atoms. The summed E-state index contributed by atoms with van der Waals surface area (Å²) < 4.78 is 5.46. The Morgan fingerprint density at radius 1 is 1.06 bits per heavy atom. The Balaban J connectivity index is 1.16. The van der Waals surface area contributed by atoms with E-state index in [2.05, 4.69) is 15.6 Å². The number of ether oxygens (including phenoxy) is 1. The minimum Gasteiger partial charge on any atom is -0.444 e. The molecule has 2 atom stereocenters. The first-order valence-corrected chi connectivity index (χ1v) is 13.0. The largest absolute Gasteiger partial charge is 0.444 e. The lowest BCUT2D eigenvalue weighted by molar-refractivity contribution is -0.122. The van der Waals surface area contributed by atoms with E-state index in [1.807, 2.05) is 57.2 Å². The monoisotopic (exact) mass is 526 g/mol. The van der Waals surface area contributed by atoms with E-state index in [-0.39, 0.29) is 29.7 Å². The molecule has 2 N–H and O–H groups in total. The molecule has 0 saturated heterocycles. The van der Waals surface area contributed by atoms with Gasteiger partial charge in [-0.15, -0.1) is 0 Å². The van der Waals surface area contributed by atoms with Gasteiger partial charge in [-0.1, -0.05) is 35.1 Å². The predicted molar refractivity (Wildman–Crippen MR) is 140 cm³/mol. The summed E-state index contributed by atoms with van der Waals surface area (Å²) in [6.45, 7) is 6.44. The first kappa shape index (κ1) is 24.5. The molecule has 1 aliphatic heterocycles. The number of fused-ring (bicyclic) bond motifs is 2. The van der Waals surface area contributed by atoms with Gasteiger partial charge in [-0.3, -0.25) is 9.59 Å². The number of hydrogen-bond acceptors (Lipinski definition) is 6. The Labute approximate surface area is 218 Å². The van der Waals surface area contributed by atoms with Crippen molar-refractivity contribution in [3.63, 3.8) is 0 Å². The number of hydrogen-bond donors (Lipinski definition) is 2. The second-order valence-corrected chi connectivity index (χ2v) is 11.7. The highest BCUT2D eigenvalue weighted by molar-refractivity contribution is 7.15. The molecular weight excluding hydrogens is 500 g/mol. The average Bonchev–Trinajstić information content (AvgIpc) is 3.51. The molecule has 1 fully saturated rings. The van der Waals surface area contributed by atoms with E-state index in [9.17, 15) is 14.4 Å². The van der Waals surface area contributed by atoms with Crippen molar-refractivity contribution >= 4 is 62.4 Å². The molecule has 36 heavy (non-hydrogen) atoms. The number of thiazole rings is 1. The van der Waals surface area contributed by atoms with Gasteiger partial charge in [0.1, 0.15) is 5.60 Å². The van der Waals surface area contributed by atoms with Gasteiger partial charge < -0.3 is 20.3 Å². The molecular formula is C26H27ClN4O4S. The molecule has 8 nitrogen and oxygen atoms in total. The fourth-order valence-corrected chi connectivity index (χ4v) is 5.44. The molecule has 2 aromatic carbocycles. The lowest BCUT2D eigenvalue weighted by Gasteiger charge is -2.29. The van der Waals surface area contributed by atoms with Crippen molar-refractivity contribution in [2.75, 3.05) is 17.2 Å². The summed E-state index contributed by atoms with van der Waals surface area (Å²) in [6.07, 6.45) is 0.750. The van der Waals surface area contributed by atoms with Crippen LogP contribution >= 0.6 is 22.9 Å². The van der Waals surface area contributed by atoms with Gasteiger partial charge in [0.25, 0.3) is 0 Å². The van der Waals surface area contributed by atoms with Gasteiger partial charge in [0.2, 0.25) is 11.8 Å². The molecule has 1 aliphatic carbocycles. The Morgan fingerprint density at radius 3 is 2.50 bits per heavy atom. The van der Waals surface area contributed by atoms with Crippen molar-refractivity contribution in [1.82, 2.24) is 9.88 Å². The van der Waals surface area contributed by atoms with Gasteiger partial charge in [-0.25, -0.2) is 9.78 Å². The van der Waals surface area contributed by atoms with E-state index in [0.717, 1.165) is 21.3 Å². The summed E-state index contributed by atoms with van der Waals surface area (Å²) in [4.78, 5) is 45.0. The zero-order chi connectivity index (χ0) is 25.6. The molecule has 0 unspecified atom stereocenters. The van der Waals surface area contributed by atoms with E-state index in [4.69, 9.17) is 16.3 Å². The van der Waals surface area contributed by atoms with Gasteiger partial charge in [0, 0.05) is 28.6 Å². The number of carbonyl (C=O) groups excluding carboxylic acids is 3. The summed E-state index contributed by atoms with van der Waals surface area (Å²) >= 11 is 7.39. The minimum absolute atomic E-state index is 0.171. The number of carbonyl (C=O) groups is 3. The first-order chi connectivity index (χ1) is 17.1. The van der Waals surface area contributed by atoms with Crippen molar-refractivity contribution in [1.29, 1.82) is 0 Å². The van der Waals surface area contributed by atoms with Gasteiger partial charge in [0.05, 0.1) is 24.1 Å². The quantitative estimate of drug-likeness (QED) is 0.470. The van der Waals surface area contributed by atoms with Crippen LogP contribution in [0.2, 0.25) is 5.02 Å². The Kier molecular flexibility index (Phi) is 6.38. The van der Waals surface area contributed by atoms with E-state index >= 15 is 0 Å².